The van der Waals surface area contributed by atoms with E-state index < -0.39 is 9.24 Å². The lowest BCUT2D eigenvalue weighted by molar-refractivity contribution is -0.114. The van der Waals surface area contributed by atoms with Crippen LogP contribution in [0.25, 0.3) is 0 Å². The molecular formula is C8H9ClN2O3S. The Balaban J connectivity index is 2.88. The Hall–Kier alpha value is -1.27. The summed E-state index contributed by atoms with van der Waals surface area (Å²) in [6.45, 7) is 1.36. The van der Waals surface area contributed by atoms with Crippen LogP contribution >= 0.6 is 10.7 Å². The fraction of sp³-hybridized carbons (Fsp3) is 0.125. The molecule has 1 amide bonds. The first-order valence-electron chi connectivity index (χ1n) is 3.97. The minimum absolute atomic E-state index is 0.235. The Bertz CT molecular complexity index is 473. The van der Waals surface area contributed by atoms with E-state index in [2.05, 4.69) is 10.0 Å². The van der Waals surface area contributed by atoms with Crippen molar-refractivity contribution in [3.8, 4) is 0 Å². The van der Waals surface area contributed by atoms with Crippen LogP contribution in [0.3, 0.4) is 0 Å². The molecule has 0 aliphatic heterocycles. The second kappa shape index (κ2) is 4.50. The minimum atomic E-state index is -3.81. The van der Waals surface area contributed by atoms with E-state index in [1.807, 2.05) is 0 Å². The van der Waals surface area contributed by atoms with Crippen molar-refractivity contribution in [3.05, 3.63) is 24.3 Å². The second-order valence-corrected chi connectivity index (χ2v) is 5.10. The van der Waals surface area contributed by atoms with Gasteiger partial charge in [-0.1, -0.05) is 6.07 Å². The van der Waals surface area contributed by atoms with Crippen LogP contribution in [0.2, 0.25) is 0 Å². The van der Waals surface area contributed by atoms with Gasteiger partial charge in [-0.05, 0) is 18.2 Å². The van der Waals surface area contributed by atoms with Crippen LogP contribution in [0.5, 0.6) is 0 Å². The van der Waals surface area contributed by atoms with E-state index in [4.69, 9.17) is 10.7 Å². The molecule has 0 radical (unpaired) electrons. The highest BCUT2D eigenvalue weighted by molar-refractivity contribution is 8.14. The average molecular weight is 249 g/mol. The summed E-state index contributed by atoms with van der Waals surface area (Å²) in [6.07, 6.45) is 0. The first-order valence-corrected chi connectivity index (χ1v) is 6.28. The molecule has 0 saturated heterocycles. The van der Waals surface area contributed by atoms with Gasteiger partial charge in [-0.15, -0.1) is 0 Å². The van der Waals surface area contributed by atoms with Gasteiger partial charge in [-0.25, -0.2) is 0 Å². The van der Waals surface area contributed by atoms with Gasteiger partial charge in [0.2, 0.25) is 5.91 Å². The summed E-state index contributed by atoms with van der Waals surface area (Å²) in [5.41, 5.74) is 0.782. The molecule has 0 aliphatic rings. The summed E-state index contributed by atoms with van der Waals surface area (Å²) < 4.78 is 23.5. The molecule has 0 fully saturated rings. The highest BCUT2D eigenvalue weighted by Gasteiger charge is 2.04. The fourth-order valence-corrected chi connectivity index (χ4v) is 1.68. The second-order valence-electron chi connectivity index (χ2n) is 2.80. The van der Waals surface area contributed by atoms with Crippen molar-refractivity contribution in [1.29, 1.82) is 0 Å². The average Bonchev–Trinajstić information content (AvgIpc) is 1.99. The Labute approximate surface area is 92.0 Å². The lowest BCUT2D eigenvalue weighted by Gasteiger charge is -2.05. The molecule has 1 aromatic carbocycles. The zero-order chi connectivity index (χ0) is 11.5. The van der Waals surface area contributed by atoms with Gasteiger partial charge in [0.15, 0.2) is 0 Å². The smallest absolute Gasteiger partial charge is 0.319 e. The molecule has 5 nitrogen and oxygen atoms in total. The molecule has 0 unspecified atom stereocenters. The third-order valence-corrected chi connectivity index (χ3v) is 2.13. The maximum Gasteiger partial charge on any atom is 0.319 e. The lowest BCUT2D eigenvalue weighted by atomic mass is 10.3. The predicted molar refractivity (Wildman–Crippen MR) is 59.1 cm³/mol. The first kappa shape index (κ1) is 11.8. The quantitative estimate of drug-likeness (QED) is 0.797. The number of amides is 1. The Kier molecular flexibility index (Phi) is 3.54. The van der Waals surface area contributed by atoms with Gasteiger partial charge in [0.1, 0.15) is 0 Å². The summed E-state index contributed by atoms with van der Waals surface area (Å²) >= 11 is 0. The van der Waals surface area contributed by atoms with Crippen molar-refractivity contribution in [2.24, 2.45) is 0 Å². The topological polar surface area (TPSA) is 75.3 Å². The van der Waals surface area contributed by atoms with Crippen molar-refractivity contribution in [2.45, 2.75) is 6.92 Å². The van der Waals surface area contributed by atoms with Crippen molar-refractivity contribution < 1.29 is 13.2 Å². The van der Waals surface area contributed by atoms with Gasteiger partial charge in [0.25, 0.3) is 0 Å². The van der Waals surface area contributed by atoms with E-state index >= 15 is 0 Å². The van der Waals surface area contributed by atoms with Gasteiger partial charge in [-0.2, -0.15) is 8.42 Å². The Morgan fingerprint density at radius 3 is 2.47 bits per heavy atom. The van der Waals surface area contributed by atoms with Crippen LogP contribution in [0.15, 0.2) is 24.3 Å². The zero-order valence-electron chi connectivity index (χ0n) is 7.82. The van der Waals surface area contributed by atoms with Crippen molar-refractivity contribution in [1.82, 2.24) is 0 Å². The number of halogens is 1. The molecule has 82 valence electrons. The number of hydrogen-bond donors (Lipinski definition) is 2. The summed E-state index contributed by atoms with van der Waals surface area (Å²) in [7, 11) is 1.19. The molecule has 0 heterocycles. The SMILES string of the molecule is CC(=O)Nc1cccc(NS(=O)(=O)Cl)c1. The number of nitrogens with one attached hydrogen (secondary N) is 2. The highest BCUT2D eigenvalue weighted by atomic mass is 35.7. The molecule has 0 bridgehead atoms. The Morgan fingerprint density at radius 1 is 1.33 bits per heavy atom. The molecule has 1 aromatic rings. The summed E-state index contributed by atoms with van der Waals surface area (Å²) in [4.78, 5) is 10.7. The summed E-state index contributed by atoms with van der Waals surface area (Å²) in [5.74, 6) is -0.235. The van der Waals surface area contributed by atoms with Gasteiger partial charge in [0.05, 0.1) is 5.69 Å². The molecule has 0 atom stereocenters. The monoisotopic (exact) mass is 248 g/mol. The molecule has 0 saturated carbocycles. The van der Waals surface area contributed by atoms with Crippen LogP contribution in [-0.4, -0.2) is 14.3 Å². The molecule has 2 N–H and O–H groups in total. The standard InChI is InChI=1S/C8H9ClN2O3S/c1-6(12)10-7-3-2-4-8(5-7)11-15(9,13)14/h2-5,11H,1H3,(H,10,12). The van der Waals surface area contributed by atoms with Crippen molar-refractivity contribution in [2.75, 3.05) is 10.0 Å². The van der Waals surface area contributed by atoms with Crippen LogP contribution in [0.1, 0.15) is 6.92 Å². The van der Waals surface area contributed by atoms with Gasteiger partial charge in [0, 0.05) is 23.3 Å². The highest BCUT2D eigenvalue weighted by Crippen LogP contribution is 2.16. The van der Waals surface area contributed by atoms with Crippen molar-refractivity contribution in [3.63, 3.8) is 0 Å². The van der Waals surface area contributed by atoms with E-state index in [1.165, 1.54) is 19.1 Å². The van der Waals surface area contributed by atoms with Crippen molar-refractivity contribution >= 4 is 37.2 Å². The minimum Gasteiger partial charge on any atom is -0.326 e. The molecular weight excluding hydrogens is 240 g/mol. The number of carbonyl (C=O) groups excluding carboxylic acids is 1. The van der Waals surface area contributed by atoms with E-state index in [-0.39, 0.29) is 11.6 Å². The van der Waals surface area contributed by atoms with E-state index in [1.54, 1.807) is 12.1 Å². The molecule has 0 aromatic heterocycles. The van der Waals surface area contributed by atoms with Crippen LogP contribution < -0.4 is 10.0 Å². The van der Waals surface area contributed by atoms with E-state index in [0.717, 1.165) is 0 Å². The molecule has 0 spiro atoms. The Morgan fingerprint density at radius 2 is 1.93 bits per heavy atom. The van der Waals surface area contributed by atoms with Crippen LogP contribution in [0.4, 0.5) is 11.4 Å². The number of anilines is 2. The van der Waals surface area contributed by atoms with Gasteiger partial charge >= 0.3 is 9.24 Å². The fourth-order valence-electron chi connectivity index (χ4n) is 1.00. The summed E-state index contributed by atoms with van der Waals surface area (Å²) in [5, 5.41) is 2.51. The van der Waals surface area contributed by atoms with Crippen LogP contribution in [-0.2, 0) is 14.0 Å². The molecule has 7 heteroatoms. The maximum atomic E-state index is 10.7. The number of benzene rings is 1. The van der Waals surface area contributed by atoms with Gasteiger partial charge in [-0.3, -0.25) is 9.52 Å². The van der Waals surface area contributed by atoms with E-state index in [9.17, 15) is 13.2 Å². The maximum absolute atomic E-state index is 10.7. The number of hydrogen-bond acceptors (Lipinski definition) is 3. The summed E-state index contributed by atoms with van der Waals surface area (Å²) in [6, 6.07) is 6.20. The first-order chi connectivity index (χ1) is 6.87. The third kappa shape index (κ3) is 4.66. The molecule has 1 rings (SSSR count). The number of rotatable bonds is 3. The predicted octanol–water partition coefficient (Wildman–Crippen LogP) is 1.54. The molecule has 15 heavy (non-hydrogen) atoms. The van der Waals surface area contributed by atoms with Gasteiger partial charge < -0.3 is 5.32 Å². The largest absolute Gasteiger partial charge is 0.326 e. The van der Waals surface area contributed by atoms with E-state index in [0.29, 0.717) is 5.69 Å². The third-order valence-electron chi connectivity index (χ3n) is 1.42. The zero-order valence-corrected chi connectivity index (χ0v) is 9.39. The normalized spacial score (nSPS) is 10.8. The van der Waals surface area contributed by atoms with Crippen LogP contribution in [0, 0.1) is 0 Å². The molecule has 0 aliphatic carbocycles. The lowest BCUT2D eigenvalue weighted by Crippen LogP contribution is -2.07. The number of carbonyl (C=O) groups is 1.